The maximum absolute atomic E-state index is 12.3. The van der Waals surface area contributed by atoms with Crippen LogP contribution in [0.3, 0.4) is 0 Å². The highest BCUT2D eigenvalue weighted by Crippen LogP contribution is 2.24. The van der Waals surface area contributed by atoms with Crippen LogP contribution in [0.1, 0.15) is 26.3 Å². The zero-order valence-corrected chi connectivity index (χ0v) is 14.9. The van der Waals surface area contributed by atoms with Gasteiger partial charge in [0.05, 0.1) is 31.9 Å². The van der Waals surface area contributed by atoms with Crippen LogP contribution in [0.5, 0.6) is 11.5 Å². The third-order valence-corrected chi connectivity index (χ3v) is 3.61. The normalized spacial score (nSPS) is 9.50. The van der Waals surface area contributed by atoms with Gasteiger partial charge in [-0.3, -0.25) is 9.59 Å². The van der Waals surface area contributed by atoms with E-state index in [1.54, 1.807) is 56.6 Å². The number of amides is 2. The number of methoxy groups -OCH3 is 2. The molecule has 2 aromatic rings. The molecule has 26 heavy (non-hydrogen) atoms. The average molecular weight is 352 g/mol. The van der Waals surface area contributed by atoms with Crippen LogP contribution in [0.25, 0.3) is 0 Å². The summed E-state index contributed by atoms with van der Waals surface area (Å²) in [6, 6.07) is 12.0. The Kier molecular flexibility index (Phi) is 6.63. The van der Waals surface area contributed by atoms with Gasteiger partial charge in [0.25, 0.3) is 11.8 Å². The van der Waals surface area contributed by atoms with Crippen molar-refractivity contribution < 1.29 is 19.1 Å². The number of benzene rings is 2. The second-order valence-electron chi connectivity index (χ2n) is 5.18. The van der Waals surface area contributed by atoms with Gasteiger partial charge in [0.2, 0.25) is 0 Å². The van der Waals surface area contributed by atoms with Gasteiger partial charge >= 0.3 is 0 Å². The Morgan fingerprint density at radius 1 is 1.00 bits per heavy atom. The number of nitrogens with one attached hydrogen (secondary N) is 2. The molecule has 0 aliphatic rings. The third kappa shape index (κ3) is 4.54. The summed E-state index contributed by atoms with van der Waals surface area (Å²) >= 11 is 0. The predicted molar refractivity (Wildman–Crippen MR) is 98.6 cm³/mol. The molecule has 2 rings (SSSR count). The molecular formula is C20H20N2O4. The van der Waals surface area contributed by atoms with E-state index in [0.717, 1.165) is 0 Å². The molecule has 0 aromatic heterocycles. The number of ether oxygens (including phenoxy) is 2. The van der Waals surface area contributed by atoms with Gasteiger partial charge in [-0.1, -0.05) is 24.0 Å². The van der Waals surface area contributed by atoms with Crippen molar-refractivity contribution in [2.45, 2.75) is 0 Å². The number of carbonyl (C=O) groups excluding carboxylic acids is 2. The first-order valence-electron chi connectivity index (χ1n) is 7.91. The van der Waals surface area contributed by atoms with E-state index in [2.05, 4.69) is 22.5 Å². The molecule has 0 saturated heterocycles. The highest BCUT2D eigenvalue weighted by molar-refractivity contribution is 5.97. The molecule has 2 aromatic carbocycles. The fourth-order valence-corrected chi connectivity index (χ4v) is 2.27. The Morgan fingerprint density at radius 2 is 1.77 bits per heavy atom. The fraction of sp³-hybridized carbons (Fsp3) is 0.200. The number of hydrogen-bond acceptors (Lipinski definition) is 4. The lowest BCUT2D eigenvalue weighted by atomic mass is 10.1. The van der Waals surface area contributed by atoms with Gasteiger partial charge in [0, 0.05) is 18.7 Å². The largest absolute Gasteiger partial charge is 0.497 e. The average Bonchev–Trinajstić information content (AvgIpc) is 2.70. The minimum atomic E-state index is -0.307. The minimum Gasteiger partial charge on any atom is -0.497 e. The van der Waals surface area contributed by atoms with E-state index in [0.29, 0.717) is 28.2 Å². The maximum atomic E-state index is 12.3. The standard InChI is InChI=1S/C20H20N2O4/c1-21-19(23)16-9-5-4-7-14(16)8-6-12-22-20(24)17-11-10-15(25-2)13-18(17)26-3/h4-5,7,9-11,13H,12H2,1-3H3,(H,21,23)(H,22,24). The van der Waals surface area contributed by atoms with Crippen molar-refractivity contribution in [3.05, 3.63) is 59.2 Å². The summed E-state index contributed by atoms with van der Waals surface area (Å²) in [5, 5.41) is 5.28. The first-order valence-corrected chi connectivity index (χ1v) is 7.91. The summed E-state index contributed by atoms with van der Waals surface area (Å²) in [5.41, 5.74) is 1.48. The molecule has 0 aliphatic heterocycles. The molecule has 2 N–H and O–H groups in total. The topological polar surface area (TPSA) is 76.7 Å². The van der Waals surface area contributed by atoms with E-state index < -0.39 is 0 Å². The van der Waals surface area contributed by atoms with E-state index in [1.807, 2.05) is 0 Å². The first kappa shape index (κ1) is 18.9. The van der Waals surface area contributed by atoms with Gasteiger partial charge in [-0.05, 0) is 24.3 Å². The van der Waals surface area contributed by atoms with E-state index in [4.69, 9.17) is 9.47 Å². The van der Waals surface area contributed by atoms with Crippen molar-refractivity contribution in [2.24, 2.45) is 0 Å². The quantitative estimate of drug-likeness (QED) is 0.805. The number of carbonyl (C=O) groups is 2. The highest BCUT2D eigenvalue weighted by atomic mass is 16.5. The van der Waals surface area contributed by atoms with Crippen LogP contribution in [0.4, 0.5) is 0 Å². The van der Waals surface area contributed by atoms with Crippen molar-refractivity contribution in [1.29, 1.82) is 0 Å². The smallest absolute Gasteiger partial charge is 0.255 e. The number of rotatable bonds is 5. The van der Waals surface area contributed by atoms with Crippen LogP contribution in [0, 0.1) is 11.8 Å². The molecule has 134 valence electrons. The van der Waals surface area contributed by atoms with Crippen molar-refractivity contribution in [1.82, 2.24) is 10.6 Å². The van der Waals surface area contributed by atoms with Crippen molar-refractivity contribution in [2.75, 3.05) is 27.8 Å². The molecule has 0 radical (unpaired) electrons. The molecule has 2 amide bonds. The summed E-state index contributed by atoms with van der Waals surface area (Å²) in [5.74, 6) is 6.26. The highest BCUT2D eigenvalue weighted by Gasteiger charge is 2.12. The molecule has 0 saturated carbocycles. The minimum absolute atomic E-state index is 0.135. The molecule has 6 nitrogen and oxygen atoms in total. The molecule has 0 aliphatic carbocycles. The van der Waals surface area contributed by atoms with Crippen molar-refractivity contribution >= 4 is 11.8 Å². The first-order chi connectivity index (χ1) is 12.6. The van der Waals surface area contributed by atoms with Crippen LogP contribution in [-0.4, -0.2) is 39.6 Å². The molecule has 0 atom stereocenters. The Hall–Kier alpha value is -3.46. The van der Waals surface area contributed by atoms with Gasteiger partial charge in [-0.25, -0.2) is 0 Å². The lowest BCUT2D eigenvalue weighted by molar-refractivity contribution is 0.0950. The Bertz CT molecular complexity index is 866. The van der Waals surface area contributed by atoms with Gasteiger partial charge in [0.1, 0.15) is 11.5 Å². The molecule has 0 bridgehead atoms. The predicted octanol–water partition coefficient (Wildman–Crippen LogP) is 1.84. The molecule has 0 fully saturated rings. The summed E-state index contributed by atoms with van der Waals surface area (Å²) in [6.45, 7) is 0.135. The molecule has 0 unspecified atom stereocenters. The van der Waals surface area contributed by atoms with Crippen LogP contribution >= 0.6 is 0 Å². The van der Waals surface area contributed by atoms with Crippen LogP contribution < -0.4 is 20.1 Å². The van der Waals surface area contributed by atoms with Crippen LogP contribution in [0.15, 0.2) is 42.5 Å². The van der Waals surface area contributed by atoms with E-state index in [9.17, 15) is 9.59 Å². The molecule has 0 spiro atoms. The van der Waals surface area contributed by atoms with Crippen molar-refractivity contribution in [3.63, 3.8) is 0 Å². The summed E-state index contributed by atoms with van der Waals surface area (Å²) in [7, 11) is 4.59. The Morgan fingerprint density at radius 3 is 2.46 bits per heavy atom. The van der Waals surface area contributed by atoms with Gasteiger partial charge in [-0.2, -0.15) is 0 Å². The third-order valence-electron chi connectivity index (χ3n) is 3.61. The second kappa shape index (κ2) is 9.14. The lowest BCUT2D eigenvalue weighted by Crippen LogP contribution is -2.24. The molecule has 6 heteroatoms. The Labute approximate surface area is 152 Å². The zero-order chi connectivity index (χ0) is 18.9. The van der Waals surface area contributed by atoms with Crippen LogP contribution in [-0.2, 0) is 0 Å². The summed E-state index contributed by atoms with van der Waals surface area (Å²) < 4.78 is 10.3. The molecule has 0 heterocycles. The van der Waals surface area contributed by atoms with Crippen molar-refractivity contribution in [3.8, 4) is 23.3 Å². The van der Waals surface area contributed by atoms with E-state index >= 15 is 0 Å². The van der Waals surface area contributed by atoms with E-state index in [1.165, 1.54) is 7.11 Å². The Balaban J connectivity index is 2.07. The summed E-state index contributed by atoms with van der Waals surface area (Å²) in [4.78, 5) is 24.1. The zero-order valence-electron chi connectivity index (χ0n) is 14.9. The molecular weight excluding hydrogens is 332 g/mol. The van der Waals surface area contributed by atoms with Gasteiger partial charge < -0.3 is 20.1 Å². The van der Waals surface area contributed by atoms with E-state index in [-0.39, 0.29) is 18.4 Å². The summed E-state index contributed by atoms with van der Waals surface area (Å²) in [6.07, 6.45) is 0. The monoisotopic (exact) mass is 352 g/mol. The van der Waals surface area contributed by atoms with Gasteiger partial charge in [-0.15, -0.1) is 0 Å². The van der Waals surface area contributed by atoms with Gasteiger partial charge in [0.15, 0.2) is 0 Å². The maximum Gasteiger partial charge on any atom is 0.255 e. The fourth-order valence-electron chi connectivity index (χ4n) is 2.27. The second-order valence-corrected chi connectivity index (χ2v) is 5.18. The lowest BCUT2D eigenvalue weighted by Gasteiger charge is -2.09. The SMILES string of the molecule is CNC(=O)c1ccccc1C#CCNC(=O)c1ccc(OC)cc1OC. The van der Waals surface area contributed by atoms with Crippen LogP contribution in [0.2, 0.25) is 0 Å². The number of hydrogen-bond donors (Lipinski definition) is 2.